The molecule has 3 atom stereocenters. The first kappa shape index (κ1) is 15.0. The molecule has 0 spiro atoms. The lowest BCUT2D eigenvalue weighted by Gasteiger charge is -2.34. The normalized spacial score (nSPS) is 30.4. The van der Waals surface area contributed by atoms with Crippen molar-refractivity contribution >= 4 is 9.84 Å². The summed E-state index contributed by atoms with van der Waals surface area (Å²) in [5.74, 6) is 0.918. The summed E-state index contributed by atoms with van der Waals surface area (Å²) < 4.78 is 24.7. The lowest BCUT2D eigenvalue weighted by molar-refractivity contribution is 0.319. The third kappa shape index (κ3) is 4.25. The van der Waals surface area contributed by atoms with Crippen LogP contribution in [-0.2, 0) is 9.84 Å². The Morgan fingerprint density at radius 2 is 1.94 bits per heavy atom. The highest BCUT2D eigenvalue weighted by atomic mass is 32.2. The average molecular weight is 261 g/mol. The first-order valence-electron chi connectivity index (χ1n) is 6.90. The Morgan fingerprint density at radius 1 is 1.24 bits per heavy atom. The molecule has 102 valence electrons. The molecule has 4 heteroatoms. The van der Waals surface area contributed by atoms with Gasteiger partial charge in [0.15, 0.2) is 9.84 Å². The SMILES string of the molecule is CCCCCS(=O)(=O)C1CC(C)CCC1NC. The molecule has 0 bridgehead atoms. The van der Waals surface area contributed by atoms with Crippen LogP contribution >= 0.6 is 0 Å². The summed E-state index contributed by atoms with van der Waals surface area (Å²) in [5, 5.41) is 3.03. The van der Waals surface area contributed by atoms with E-state index in [0.717, 1.165) is 38.5 Å². The molecule has 3 nitrogen and oxygen atoms in total. The summed E-state index contributed by atoms with van der Waals surface area (Å²) in [7, 11) is -1.03. The Bertz CT molecular complexity index is 313. The average Bonchev–Trinajstić information content (AvgIpc) is 2.29. The van der Waals surface area contributed by atoms with Gasteiger partial charge in [0.2, 0.25) is 0 Å². The quantitative estimate of drug-likeness (QED) is 0.747. The second-order valence-corrected chi connectivity index (χ2v) is 7.77. The molecule has 0 amide bonds. The zero-order valence-electron chi connectivity index (χ0n) is 11.4. The van der Waals surface area contributed by atoms with Gasteiger partial charge in [0.1, 0.15) is 0 Å². The van der Waals surface area contributed by atoms with Crippen LogP contribution in [0.1, 0.15) is 52.4 Å². The van der Waals surface area contributed by atoms with Gasteiger partial charge in [0.25, 0.3) is 0 Å². The standard InChI is InChI=1S/C13H27NO2S/c1-4-5-6-9-17(15,16)13-10-11(2)7-8-12(13)14-3/h11-14H,4-10H2,1-3H3. The van der Waals surface area contributed by atoms with Crippen LogP contribution in [0, 0.1) is 5.92 Å². The number of unbranched alkanes of at least 4 members (excludes halogenated alkanes) is 2. The molecule has 0 heterocycles. The lowest BCUT2D eigenvalue weighted by Crippen LogP contribution is -2.47. The molecular weight excluding hydrogens is 234 g/mol. The molecule has 1 rings (SSSR count). The summed E-state index contributed by atoms with van der Waals surface area (Å²) in [6.07, 6.45) is 5.89. The van der Waals surface area contributed by atoms with Crippen molar-refractivity contribution in [1.82, 2.24) is 5.32 Å². The van der Waals surface area contributed by atoms with Crippen molar-refractivity contribution in [2.75, 3.05) is 12.8 Å². The molecule has 1 fully saturated rings. The number of sulfone groups is 1. The fourth-order valence-corrected chi connectivity index (χ4v) is 5.06. The maximum atomic E-state index is 12.3. The predicted octanol–water partition coefficient (Wildman–Crippen LogP) is 2.37. The van der Waals surface area contributed by atoms with Crippen LogP contribution in [0.3, 0.4) is 0 Å². The van der Waals surface area contributed by atoms with Crippen LogP contribution in [0.15, 0.2) is 0 Å². The maximum Gasteiger partial charge on any atom is 0.154 e. The molecule has 1 saturated carbocycles. The summed E-state index contributed by atoms with van der Waals surface area (Å²) in [4.78, 5) is 0. The van der Waals surface area contributed by atoms with E-state index in [9.17, 15) is 8.42 Å². The Labute approximate surface area is 106 Å². The molecule has 0 aromatic carbocycles. The molecule has 0 aromatic rings. The summed E-state index contributed by atoms with van der Waals surface area (Å²) >= 11 is 0. The smallest absolute Gasteiger partial charge is 0.154 e. The van der Waals surface area contributed by atoms with Crippen LogP contribution in [0.5, 0.6) is 0 Å². The van der Waals surface area contributed by atoms with Gasteiger partial charge in [-0.1, -0.05) is 26.7 Å². The van der Waals surface area contributed by atoms with Crippen molar-refractivity contribution in [2.24, 2.45) is 5.92 Å². The van der Waals surface area contributed by atoms with E-state index in [0.29, 0.717) is 11.7 Å². The van der Waals surface area contributed by atoms with Gasteiger partial charge in [-0.3, -0.25) is 0 Å². The van der Waals surface area contributed by atoms with Gasteiger partial charge in [-0.05, 0) is 38.6 Å². The first-order valence-corrected chi connectivity index (χ1v) is 8.61. The van der Waals surface area contributed by atoms with E-state index in [1.165, 1.54) is 0 Å². The molecule has 0 saturated heterocycles. The van der Waals surface area contributed by atoms with Crippen LogP contribution < -0.4 is 5.32 Å². The first-order chi connectivity index (χ1) is 8.01. The third-order valence-electron chi connectivity index (χ3n) is 3.92. The largest absolute Gasteiger partial charge is 0.316 e. The van der Waals surface area contributed by atoms with Crippen molar-refractivity contribution in [2.45, 2.75) is 63.7 Å². The van der Waals surface area contributed by atoms with Crippen LogP contribution in [0.25, 0.3) is 0 Å². The Kier molecular flexibility index (Phi) is 5.93. The molecule has 0 aromatic heterocycles. The number of nitrogens with one attached hydrogen (secondary N) is 1. The second-order valence-electron chi connectivity index (χ2n) is 5.43. The molecular formula is C13H27NO2S. The third-order valence-corrected chi connectivity index (χ3v) is 6.22. The summed E-state index contributed by atoms with van der Waals surface area (Å²) in [5.41, 5.74) is 0. The Balaban J connectivity index is 2.65. The van der Waals surface area contributed by atoms with E-state index in [4.69, 9.17) is 0 Å². The minimum Gasteiger partial charge on any atom is -0.316 e. The van der Waals surface area contributed by atoms with Crippen molar-refractivity contribution in [1.29, 1.82) is 0 Å². The van der Waals surface area contributed by atoms with Crippen LogP contribution in [0.4, 0.5) is 0 Å². The highest BCUT2D eigenvalue weighted by molar-refractivity contribution is 7.92. The zero-order chi connectivity index (χ0) is 12.9. The molecule has 1 N–H and O–H groups in total. The van der Waals surface area contributed by atoms with Gasteiger partial charge in [0.05, 0.1) is 11.0 Å². The molecule has 0 radical (unpaired) electrons. The number of hydrogen-bond acceptors (Lipinski definition) is 3. The van der Waals surface area contributed by atoms with Gasteiger partial charge >= 0.3 is 0 Å². The van der Waals surface area contributed by atoms with Crippen molar-refractivity contribution in [3.63, 3.8) is 0 Å². The molecule has 17 heavy (non-hydrogen) atoms. The van der Waals surface area contributed by atoms with E-state index >= 15 is 0 Å². The molecule has 0 aliphatic heterocycles. The highest BCUT2D eigenvalue weighted by Gasteiger charge is 2.36. The Hall–Kier alpha value is -0.0900. The molecule has 1 aliphatic carbocycles. The fourth-order valence-electron chi connectivity index (χ4n) is 2.76. The lowest BCUT2D eigenvalue weighted by atomic mass is 9.87. The highest BCUT2D eigenvalue weighted by Crippen LogP contribution is 2.29. The van der Waals surface area contributed by atoms with E-state index < -0.39 is 9.84 Å². The van der Waals surface area contributed by atoms with Gasteiger partial charge in [0, 0.05) is 6.04 Å². The zero-order valence-corrected chi connectivity index (χ0v) is 12.2. The van der Waals surface area contributed by atoms with Gasteiger partial charge in [-0.15, -0.1) is 0 Å². The van der Waals surface area contributed by atoms with Crippen molar-refractivity contribution < 1.29 is 8.42 Å². The van der Waals surface area contributed by atoms with Gasteiger partial charge in [-0.2, -0.15) is 0 Å². The van der Waals surface area contributed by atoms with E-state index in [2.05, 4.69) is 19.2 Å². The molecule has 3 unspecified atom stereocenters. The van der Waals surface area contributed by atoms with Crippen molar-refractivity contribution in [3.05, 3.63) is 0 Å². The number of hydrogen-bond donors (Lipinski definition) is 1. The summed E-state index contributed by atoms with van der Waals surface area (Å²) in [6, 6.07) is 0.165. The monoisotopic (exact) mass is 261 g/mol. The van der Waals surface area contributed by atoms with Crippen molar-refractivity contribution in [3.8, 4) is 0 Å². The van der Waals surface area contributed by atoms with E-state index in [-0.39, 0.29) is 11.3 Å². The minimum atomic E-state index is -2.91. The fraction of sp³-hybridized carbons (Fsp3) is 1.00. The van der Waals surface area contributed by atoms with Gasteiger partial charge < -0.3 is 5.32 Å². The van der Waals surface area contributed by atoms with E-state index in [1.807, 2.05) is 7.05 Å². The summed E-state index contributed by atoms with van der Waals surface area (Å²) in [6.45, 7) is 4.27. The van der Waals surface area contributed by atoms with Crippen LogP contribution in [-0.4, -0.2) is 32.5 Å². The topological polar surface area (TPSA) is 46.2 Å². The minimum absolute atomic E-state index is 0.159. The molecule has 1 aliphatic rings. The maximum absolute atomic E-state index is 12.3. The van der Waals surface area contributed by atoms with Gasteiger partial charge in [-0.25, -0.2) is 8.42 Å². The van der Waals surface area contributed by atoms with Crippen LogP contribution in [0.2, 0.25) is 0 Å². The number of rotatable bonds is 6. The van der Waals surface area contributed by atoms with E-state index in [1.54, 1.807) is 0 Å². The predicted molar refractivity (Wildman–Crippen MR) is 73.0 cm³/mol. The second kappa shape index (κ2) is 6.74. The Morgan fingerprint density at radius 3 is 2.53 bits per heavy atom.